The maximum Gasteiger partial charge on any atom is 0.228 e. The van der Waals surface area contributed by atoms with Crippen molar-refractivity contribution in [1.29, 1.82) is 0 Å². The summed E-state index contributed by atoms with van der Waals surface area (Å²) in [6, 6.07) is 8.18. The zero-order valence-electron chi connectivity index (χ0n) is 13.0. The Morgan fingerprint density at radius 1 is 1.41 bits per heavy atom. The van der Waals surface area contributed by atoms with Crippen LogP contribution in [0.15, 0.2) is 42.0 Å². The summed E-state index contributed by atoms with van der Waals surface area (Å²) in [6.07, 6.45) is 4.11. The minimum Gasteiger partial charge on any atom is -0.338 e. The molecule has 0 spiro atoms. The number of amides is 1. The number of pyridine rings is 1. The topological polar surface area (TPSA) is 37.6 Å². The van der Waals surface area contributed by atoms with E-state index < -0.39 is 0 Å². The molecule has 3 aromatic rings. The van der Waals surface area contributed by atoms with Crippen LogP contribution in [-0.4, -0.2) is 27.2 Å². The number of rotatable bonds is 4. The van der Waals surface area contributed by atoms with Crippen molar-refractivity contribution >= 4 is 22.9 Å². The lowest BCUT2D eigenvalue weighted by Gasteiger charge is -2.24. The Hall–Kier alpha value is -2.14. The molecule has 3 aromatic heterocycles. The molecule has 5 heteroatoms. The number of thiophene rings is 1. The van der Waals surface area contributed by atoms with Crippen LogP contribution in [0.1, 0.15) is 29.1 Å². The van der Waals surface area contributed by atoms with E-state index in [-0.39, 0.29) is 11.9 Å². The van der Waals surface area contributed by atoms with Crippen molar-refractivity contribution < 1.29 is 4.79 Å². The third-order valence-corrected chi connectivity index (χ3v) is 5.11. The van der Waals surface area contributed by atoms with E-state index in [1.165, 1.54) is 4.88 Å². The van der Waals surface area contributed by atoms with Crippen LogP contribution < -0.4 is 0 Å². The first-order valence-corrected chi connectivity index (χ1v) is 8.16. The van der Waals surface area contributed by atoms with Gasteiger partial charge in [0.05, 0.1) is 18.2 Å². The number of nitrogens with zero attached hydrogens (tertiary/aromatic N) is 3. The molecule has 22 heavy (non-hydrogen) atoms. The van der Waals surface area contributed by atoms with Gasteiger partial charge in [0.1, 0.15) is 5.65 Å². The van der Waals surface area contributed by atoms with Crippen molar-refractivity contribution in [2.75, 3.05) is 7.05 Å². The van der Waals surface area contributed by atoms with Gasteiger partial charge in [-0.1, -0.05) is 12.1 Å². The number of imidazole rings is 1. The molecule has 3 rings (SSSR count). The zero-order chi connectivity index (χ0) is 15.7. The van der Waals surface area contributed by atoms with Crippen LogP contribution in [-0.2, 0) is 11.2 Å². The van der Waals surface area contributed by atoms with E-state index >= 15 is 0 Å². The van der Waals surface area contributed by atoms with Crippen LogP contribution in [0.3, 0.4) is 0 Å². The molecule has 4 nitrogen and oxygen atoms in total. The van der Waals surface area contributed by atoms with Gasteiger partial charge in [0.25, 0.3) is 0 Å². The summed E-state index contributed by atoms with van der Waals surface area (Å²) in [7, 11) is 1.86. The standard InChI is InChI=1S/C17H19N3OS/c1-12-6-4-8-20-14(11-18-17(12)20)10-16(21)19(3)13(2)15-7-5-9-22-15/h4-9,11,13H,10H2,1-3H3/t13-/m1/s1. The molecule has 0 aliphatic heterocycles. The van der Waals surface area contributed by atoms with Gasteiger partial charge in [-0.15, -0.1) is 11.3 Å². The highest BCUT2D eigenvalue weighted by atomic mass is 32.1. The highest BCUT2D eigenvalue weighted by Crippen LogP contribution is 2.24. The van der Waals surface area contributed by atoms with Gasteiger partial charge in [-0.05, 0) is 36.9 Å². The molecule has 0 radical (unpaired) electrons. The third-order valence-electron chi connectivity index (χ3n) is 4.07. The molecule has 0 aromatic carbocycles. The smallest absolute Gasteiger partial charge is 0.228 e. The first-order valence-electron chi connectivity index (χ1n) is 7.28. The maximum atomic E-state index is 12.6. The molecular weight excluding hydrogens is 294 g/mol. The molecule has 1 atom stereocenters. The first kappa shape index (κ1) is 14.8. The lowest BCUT2D eigenvalue weighted by atomic mass is 10.2. The molecule has 0 aliphatic carbocycles. The molecule has 114 valence electrons. The predicted octanol–water partition coefficient (Wildman–Crippen LogP) is 3.47. The molecule has 0 aliphatic rings. The summed E-state index contributed by atoms with van der Waals surface area (Å²) >= 11 is 1.68. The second kappa shape index (κ2) is 5.93. The number of carbonyl (C=O) groups is 1. The van der Waals surface area contributed by atoms with Crippen LogP contribution in [0.5, 0.6) is 0 Å². The molecule has 1 amide bonds. The Kier molecular flexibility index (Phi) is 3.98. The number of likely N-dealkylation sites (N-methyl/N-ethyl adjacent to an activating group) is 1. The van der Waals surface area contributed by atoms with Crippen LogP contribution >= 0.6 is 11.3 Å². The number of aryl methyl sites for hydroxylation is 1. The van der Waals surface area contributed by atoms with E-state index in [1.807, 2.05) is 48.1 Å². The molecule has 0 fully saturated rings. The number of fused-ring (bicyclic) bond motifs is 1. The van der Waals surface area contributed by atoms with Gasteiger partial charge >= 0.3 is 0 Å². The van der Waals surface area contributed by atoms with E-state index in [9.17, 15) is 4.79 Å². The normalized spacial score (nSPS) is 12.5. The Bertz CT molecular complexity index is 791. The minimum absolute atomic E-state index is 0.0911. The van der Waals surface area contributed by atoms with E-state index in [0.717, 1.165) is 16.9 Å². The Balaban J connectivity index is 1.80. The third kappa shape index (κ3) is 2.64. The Labute approximate surface area is 134 Å². The van der Waals surface area contributed by atoms with Gasteiger partial charge in [-0.25, -0.2) is 4.98 Å². The van der Waals surface area contributed by atoms with E-state index in [4.69, 9.17) is 0 Å². The number of hydrogen-bond acceptors (Lipinski definition) is 3. The second-order valence-corrected chi connectivity index (χ2v) is 6.49. The summed E-state index contributed by atoms with van der Waals surface area (Å²) in [5.74, 6) is 0.101. The fraction of sp³-hybridized carbons (Fsp3) is 0.294. The highest BCUT2D eigenvalue weighted by molar-refractivity contribution is 7.10. The van der Waals surface area contributed by atoms with Crippen LogP contribution in [0.2, 0.25) is 0 Å². The van der Waals surface area contributed by atoms with Gasteiger partial charge in [0.15, 0.2) is 0 Å². The monoisotopic (exact) mass is 313 g/mol. The predicted molar refractivity (Wildman–Crippen MR) is 89.1 cm³/mol. The Morgan fingerprint density at radius 2 is 2.23 bits per heavy atom. The lowest BCUT2D eigenvalue weighted by Crippen LogP contribution is -2.30. The molecule has 0 N–H and O–H groups in total. The van der Waals surface area contributed by atoms with Gasteiger partial charge in [-0.3, -0.25) is 4.79 Å². The fourth-order valence-corrected chi connectivity index (χ4v) is 3.37. The Morgan fingerprint density at radius 3 is 2.95 bits per heavy atom. The van der Waals surface area contributed by atoms with Crippen LogP contribution in [0.4, 0.5) is 0 Å². The van der Waals surface area contributed by atoms with Crippen molar-refractivity contribution in [3.05, 3.63) is 58.2 Å². The van der Waals surface area contributed by atoms with Crippen LogP contribution in [0, 0.1) is 6.92 Å². The fourth-order valence-electron chi connectivity index (χ4n) is 2.55. The summed E-state index contributed by atoms with van der Waals surface area (Å²) in [5, 5.41) is 2.04. The average Bonchev–Trinajstić information content (AvgIpc) is 3.16. The van der Waals surface area contributed by atoms with Gasteiger partial charge in [0.2, 0.25) is 5.91 Å². The molecule has 0 saturated heterocycles. The van der Waals surface area contributed by atoms with Crippen molar-refractivity contribution in [1.82, 2.24) is 14.3 Å². The molecule has 0 bridgehead atoms. The van der Waals surface area contributed by atoms with Gasteiger partial charge in [0, 0.05) is 24.3 Å². The highest BCUT2D eigenvalue weighted by Gasteiger charge is 2.19. The number of hydrogen-bond donors (Lipinski definition) is 0. The SMILES string of the molecule is Cc1cccn2c(CC(=O)N(C)[C@H](C)c3cccs3)cnc12. The zero-order valence-corrected chi connectivity index (χ0v) is 13.8. The average molecular weight is 313 g/mol. The van der Waals surface area contributed by atoms with E-state index in [0.29, 0.717) is 6.42 Å². The largest absolute Gasteiger partial charge is 0.338 e. The first-order chi connectivity index (χ1) is 10.6. The number of aromatic nitrogens is 2. The number of carbonyl (C=O) groups excluding carboxylic acids is 1. The van der Waals surface area contributed by atoms with Crippen molar-refractivity contribution in [2.24, 2.45) is 0 Å². The van der Waals surface area contributed by atoms with Gasteiger partial charge in [-0.2, -0.15) is 0 Å². The van der Waals surface area contributed by atoms with Crippen molar-refractivity contribution in [3.63, 3.8) is 0 Å². The minimum atomic E-state index is 0.0911. The van der Waals surface area contributed by atoms with Crippen molar-refractivity contribution in [2.45, 2.75) is 26.3 Å². The quantitative estimate of drug-likeness (QED) is 0.739. The molecule has 0 saturated carbocycles. The van der Waals surface area contributed by atoms with E-state index in [2.05, 4.69) is 18.0 Å². The summed E-state index contributed by atoms with van der Waals surface area (Å²) in [6.45, 7) is 4.08. The molecule has 0 unspecified atom stereocenters. The molecular formula is C17H19N3OS. The second-order valence-electron chi connectivity index (χ2n) is 5.51. The van der Waals surface area contributed by atoms with E-state index in [1.54, 1.807) is 22.4 Å². The van der Waals surface area contributed by atoms with Crippen molar-refractivity contribution in [3.8, 4) is 0 Å². The summed E-state index contributed by atoms with van der Waals surface area (Å²) < 4.78 is 2.00. The summed E-state index contributed by atoms with van der Waals surface area (Å²) in [5.41, 5.74) is 2.95. The lowest BCUT2D eigenvalue weighted by molar-refractivity contribution is -0.131. The molecule has 3 heterocycles. The van der Waals surface area contributed by atoms with Crippen LogP contribution in [0.25, 0.3) is 5.65 Å². The maximum absolute atomic E-state index is 12.6. The van der Waals surface area contributed by atoms with Gasteiger partial charge < -0.3 is 9.30 Å². The summed E-state index contributed by atoms with van der Waals surface area (Å²) in [4.78, 5) is 20.0.